The predicted molar refractivity (Wildman–Crippen MR) is 67.0 cm³/mol. The first kappa shape index (κ1) is 14.4. The third kappa shape index (κ3) is 3.22. The van der Waals surface area contributed by atoms with Crippen LogP contribution in [0, 0.1) is 0 Å². The first-order chi connectivity index (χ1) is 10.4. The van der Waals surface area contributed by atoms with Crippen molar-refractivity contribution >= 4 is 23.6 Å². The second-order valence-electron chi connectivity index (χ2n) is 4.05. The number of rotatable bonds is 3. The molecule has 0 radical (unpaired) electrons. The molecule has 0 N–H and O–H groups in total. The number of benzene rings is 1. The summed E-state index contributed by atoms with van der Waals surface area (Å²) in [6.07, 6.45) is -4.75. The van der Waals surface area contributed by atoms with Gasteiger partial charge in [0.25, 0.3) is 0 Å². The van der Waals surface area contributed by atoms with Crippen LogP contribution in [0.5, 0.6) is 5.75 Å². The Morgan fingerprint density at radius 2 is 1.95 bits per heavy atom. The zero-order valence-electron chi connectivity index (χ0n) is 10.6. The van der Waals surface area contributed by atoms with Gasteiger partial charge in [0.15, 0.2) is 0 Å². The van der Waals surface area contributed by atoms with Gasteiger partial charge in [-0.3, -0.25) is 0 Å². The number of alkyl halides is 3. The van der Waals surface area contributed by atoms with Gasteiger partial charge in [-0.1, -0.05) is 27.6 Å². The van der Waals surface area contributed by atoms with E-state index in [1.807, 2.05) is 0 Å². The molecule has 0 bridgehead atoms. The first-order valence-corrected chi connectivity index (χ1v) is 6.65. The molecule has 0 unspecified atom stereocenters. The average Bonchev–Trinajstić information content (AvgIpc) is 2.79. The smallest absolute Gasteiger partial charge is 0.406 e. The van der Waals surface area contributed by atoms with Gasteiger partial charge in [-0.15, -0.1) is 13.2 Å². The summed E-state index contributed by atoms with van der Waals surface area (Å²) >= 11 is 1.08. The summed E-state index contributed by atoms with van der Waals surface area (Å²) in [7, 11) is 0. The van der Waals surface area contributed by atoms with E-state index in [-0.39, 0.29) is 5.75 Å². The quantitative estimate of drug-likeness (QED) is 0.809. The summed E-state index contributed by atoms with van der Waals surface area (Å²) in [5.41, 5.74) is 0. The molecule has 112 valence electrons. The van der Waals surface area contributed by atoms with Crippen molar-refractivity contribution in [1.29, 1.82) is 0 Å². The molecule has 1 amide bonds. The normalized spacial score (nSPS) is 13.3. The Morgan fingerprint density at radius 1 is 1.14 bits per heavy atom. The summed E-state index contributed by atoms with van der Waals surface area (Å²) in [5, 5.41) is 11.4. The van der Waals surface area contributed by atoms with Gasteiger partial charge in [0.2, 0.25) is 0 Å². The summed E-state index contributed by atoms with van der Waals surface area (Å²) < 4.78 is 41.4. The molecule has 1 aromatic heterocycles. The molecule has 1 aromatic carbocycles. The van der Waals surface area contributed by atoms with E-state index in [0.29, 0.717) is 15.7 Å². The lowest BCUT2D eigenvalue weighted by atomic mass is 10.3. The number of aromatic nitrogens is 2. The summed E-state index contributed by atoms with van der Waals surface area (Å²) in [5.74, 6) is -0.0316. The van der Waals surface area contributed by atoms with E-state index in [2.05, 4.69) is 20.1 Å². The SMILES string of the molecule is O=C1N=Nc2ccc(Sc3cccc(OC(F)(F)F)c3)n[n+]21. The summed E-state index contributed by atoms with van der Waals surface area (Å²) in [6, 6.07) is 7.97. The second-order valence-corrected chi connectivity index (χ2v) is 5.14. The van der Waals surface area contributed by atoms with Crippen molar-refractivity contribution in [3.05, 3.63) is 36.4 Å². The number of halogens is 3. The molecule has 0 saturated heterocycles. The largest absolute Gasteiger partial charge is 0.573 e. The highest BCUT2D eigenvalue weighted by molar-refractivity contribution is 7.99. The number of carbonyl (C=O) groups is 1. The molecular weight excluding hydrogens is 321 g/mol. The standard InChI is InChI=1S/C12H6F3N4O2S/c13-12(14,15)21-7-2-1-3-8(6-7)22-10-5-4-9-16-17-11(20)19(9)18-10/h1-6H/q+1. The number of hydrogen-bond donors (Lipinski definition) is 0. The minimum atomic E-state index is -4.75. The number of ether oxygens (including phenoxy) is 1. The molecule has 1 aliphatic heterocycles. The van der Waals surface area contributed by atoms with E-state index < -0.39 is 12.4 Å². The highest BCUT2D eigenvalue weighted by Crippen LogP contribution is 2.31. The molecule has 3 rings (SSSR count). The van der Waals surface area contributed by atoms with Crippen LogP contribution in [0.2, 0.25) is 0 Å². The Balaban J connectivity index is 1.81. The maximum atomic E-state index is 12.2. The number of carbonyl (C=O) groups excluding carboxylic acids is 1. The van der Waals surface area contributed by atoms with Gasteiger partial charge in [0, 0.05) is 11.0 Å². The van der Waals surface area contributed by atoms with Gasteiger partial charge in [0.1, 0.15) is 15.9 Å². The lowest BCUT2D eigenvalue weighted by molar-refractivity contribution is -0.620. The van der Waals surface area contributed by atoms with Crippen molar-refractivity contribution in [3.8, 4) is 5.75 Å². The topological polar surface area (TPSA) is 67.8 Å². The number of hydrogen-bond acceptors (Lipinski definition) is 5. The Morgan fingerprint density at radius 3 is 2.73 bits per heavy atom. The second kappa shape index (κ2) is 5.37. The van der Waals surface area contributed by atoms with Crippen LogP contribution in [0.4, 0.5) is 23.8 Å². The Bertz CT molecular complexity index is 779. The molecule has 22 heavy (non-hydrogen) atoms. The maximum Gasteiger partial charge on any atom is 0.573 e. The molecule has 1 aliphatic rings. The fourth-order valence-corrected chi connectivity index (χ4v) is 2.48. The van der Waals surface area contributed by atoms with E-state index in [9.17, 15) is 18.0 Å². The van der Waals surface area contributed by atoms with Crippen molar-refractivity contribution in [2.24, 2.45) is 10.2 Å². The lowest BCUT2D eigenvalue weighted by Gasteiger charge is -2.09. The number of azo groups is 1. The minimum Gasteiger partial charge on any atom is -0.406 e. The van der Waals surface area contributed by atoms with E-state index in [1.54, 1.807) is 18.2 Å². The van der Waals surface area contributed by atoms with Crippen molar-refractivity contribution < 1.29 is 27.4 Å². The van der Waals surface area contributed by atoms with Crippen LogP contribution in [0.25, 0.3) is 0 Å². The van der Waals surface area contributed by atoms with Crippen molar-refractivity contribution in [2.45, 2.75) is 16.3 Å². The van der Waals surface area contributed by atoms with Gasteiger partial charge in [-0.25, -0.2) is 4.79 Å². The van der Waals surface area contributed by atoms with E-state index in [0.717, 1.165) is 16.4 Å². The fraction of sp³-hybridized carbons (Fsp3) is 0.0833. The third-order valence-electron chi connectivity index (χ3n) is 2.47. The van der Waals surface area contributed by atoms with E-state index >= 15 is 0 Å². The van der Waals surface area contributed by atoms with Gasteiger partial charge in [-0.2, -0.15) is 0 Å². The van der Waals surface area contributed by atoms with Crippen LogP contribution < -0.4 is 9.42 Å². The first-order valence-electron chi connectivity index (χ1n) is 5.84. The van der Waals surface area contributed by atoms with Crippen LogP contribution in [0.3, 0.4) is 0 Å². The van der Waals surface area contributed by atoms with Crippen LogP contribution in [0.15, 0.2) is 56.5 Å². The average molecular weight is 327 g/mol. The van der Waals surface area contributed by atoms with Crippen LogP contribution in [0.1, 0.15) is 0 Å². The third-order valence-corrected chi connectivity index (χ3v) is 3.39. The van der Waals surface area contributed by atoms with Gasteiger partial charge < -0.3 is 4.74 Å². The molecule has 6 nitrogen and oxygen atoms in total. The molecule has 0 spiro atoms. The van der Waals surface area contributed by atoms with Gasteiger partial charge >= 0.3 is 18.2 Å². The number of nitrogens with zero attached hydrogens (tertiary/aromatic N) is 4. The van der Waals surface area contributed by atoms with E-state index in [4.69, 9.17) is 0 Å². The van der Waals surface area contributed by atoms with Gasteiger partial charge in [-0.05, 0) is 24.3 Å². The molecule has 2 heterocycles. The number of amides is 1. The zero-order chi connectivity index (χ0) is 15.7. The van der Waals surface area contributed by atoms with Crippen LogP contribution in [-0.2, 0) is 0 Å². The predicted octanol–water partition coefficient (Wildman–Crippen LogP) is 3.48. The van der Waals surface area contributed by atoms with Crippen LogP contribution >= 0.6 is 11.8 Å². The highest BCUT2D eigenvalue weighted by atomic mass is 32.2. The zero-order valence-corrected chi connectivity index (χ0v) is 11.4. The molecule has 0 aliphatic carbocycles. The lowest BCUT2D eigenvalue weighted by Crippen LogP contribution is -2.41. The molecule has 2 aromatic rings. The van der Waals surface area contributed by atoms with Crippen LogP contribution in [-0.4, -0.2) is 17.5 Å². The Kier molecular flexibility index (Phi) is 3.53. The Hall–Kier alpha value is -2.49. The van der Waals surface area contributed by atoms with Crippen molar-refractivity contribution in [1.82, 2.24) is 5.10 Å². The highest BCUT2D eigenvalue weighted by Gasteiger charge is 2.31. The Labute approximate surface area is 125 Å². The summed E-state index contributed by atoms with van der Waals surface area (Å²) in [4.78, 5) is 11.8. The molecule has 0 fully saturated rings. The van der Waals surface area contributed by atoms with Crippen molar-refractivity contribution in [2.75, 3.05) is 0 Å². The minimum absolute atomic E-state index is 0.295. The monoisotopic (exact) mass is 327 g/mol. The van der Waals surface area contributed by atoms with Crippen molar-refractivity contribution in [3.63, 3.8) is 0 Å². The molecular formula is C12H6F3N4O2S+. The molecule has 0 atom stereocenters. The van der Waals surface area contributed by atoms with Gasteiger partial charge in [0.05, 0.1) is 5.11 Å². The molecule has 10 heteroatoms. The fourth-order valence-electron chi connectivity index (χ4n) is 1.66. The number of fused-ring (bicyclic) bond motifs is 1. The molecule has 0 saturated carbocycles. The maximum absolute atomic E-state index is 12.2. The summed E-state index contributed by atoms with van der Waals surface area (Å²) in [6.45, 7) is 0. The van der Waals surface area contributed by atoms with E-state index in [1.165, 1.54) is 18.2 Å².